The number of halogens is 2. The summed E-state index contributed by atoms with van der Waals surface area (Å²) in [6.07, 6.45) is 5.06. The Morgan fingerprint density at radius 1 is 1.16 bits per heavy atom. The molecule has 4 rings (SSSR count). The molecule has 0 saturated carbocycles. The van der Waals surface area contributed by atoms with E-state index < -0.39 is 5.25 Å². The fraction of sp³-hybridized carbons (Fsp3) is 0.364. The highest BCUT2D eigenvalue weighted by Crippen LogP contribution is 2.27. The number of hydrogen-bond acceptors (Lipinski definition) is 6. The molecule has 7 nitrogen and oxygen atoms in total. The number of thioether (sulfide) groups is 1. The van der Waals surface area contributed by atoms with Crippen molar-refractivity contribution in [2.75, 3.05) is 18.4 Å². The molecule has 3 heterocycles. The fourth-order valence-electron chi connectivity index (χ4n) is 3.54. The van der Waals surface area contributed by atoms with Gasteiger partial charge in [-0.2, -0.15) is 0 Å². The summed E-state index contributed by atoms with van der Waals surface area (Å²) < 4.78 is 15.4. The first-order valence-electron chi connectivity index (χ1n) is 10.5. The van der Waals surface area contributed by atoms with Gasteiger partial charge in [0.2, 0.25) is 5.91 Å². The number of likely N-dealkylation sites (tertiary alicyclic amines) is 1. The third-order valence-electron chi connectivity index (χ3n) is 5.23. The zero-order valence-electron chi connectivity index (χ0n) is 17.7. The fourth-order valence-corrected chi connectivity index (χ4v) is 4.53. The Balaban J connectivity index is 1.54. The minimum absolute atomic E-state index is 0.212. The van der Waals surface area contributed by atoms with Crippen LogP contribution in [-0.4, -0.2) is 48.9 Å². The number of rotatable bonds is 7. The highest BCUT2D eigenvalue weighted by Gasteiger charge is 2.23. The summed E-state index contributed by atoms with van der Waals surface area (Å²) >= 11 is 7.15. The molecule has 0 aliphatic carbocycles. The lowest BCUT2D eigenvalue weighted by atomic mass is 10.1. The van der Waals surface area contributed by atoms with Gasteiger partial charge in [-0.1, -0.05) is 29.8 Å². The van der Waals surface area contributed by atoms with Gasteiger partial charge in [0, 0.05) is 11.9 Å². The quantitative estimate of drug-likeness (QED) is 0.506. The van der Waals surface area contributed by atoms with Crippen LogP contribution >= 0.6 is 23.4 Å². The van der Waals surface area contributed by atoms with Crippen LogP contribution in [0.25, 0.3) is 5.69 Å². The molecule has 1 atom stereocenters. The Bertz CT molecular complexity index is 1050. The van der Waals surface area contributed by atoms with Gasteiger partial charge in [-0.15, -0.1) is 10.2 Å². The van der Waals surface area contributed by atoms with Gasteiger partial charge in [-0.3, -0.25) is 14.3 Å². The van der Waals surface area contributed by atoms with E-state index in [1.54, 1.807) is 31.2 Å². The predicted molar refractivity (Wildman–Crippen MR) is 124 cm³/mol. The lowest BCUT2D eigenvalue weighted by Crippen LogP contribution is -2.30. The first-order chi connectivity index (χ1) is 15.5. The van der Waals surface area contributed by atoms with Crippen molar-refractivity contribution in [3.63, 3.8) is 0 Å². The van der Waals surface area contributed by atoms with Crippen molar-refractivity contribution in [1.29, 1.82) is 0 Å². The molecule has 32 heavy (non-hydrogen) atoms. The second-order valence-electron chi connectivity index (χ2n) is 7.66. The summed E-state index contributed by atoms with van der Waals surface area (Å²) in [7, 11) is 0. The van der Waals surface area contributed by atoms with Crippen molar-refractivity contribution in [2.45, 2.75) is 43.1 Å². The van der Waals surface area contributed by atoms with Crippen LogP contribution in [0.5, 0.6) is 0 Å². The molecular weight excluding hydrogens is 451 g/mol. The molecule has 1 aliphatic rings. The van der Waals surface area contributed by atoms with Crippen molar-refractivity contribution in [1.82, 2.24) is 24.6 Å². The minimum Gasteiger partial charge on any atom is -0.310 e. The third-order valence-corrected chi connectivity index (χ3v) is 6.50. The van der Waals surface area contributed by atoms with Gasteiger partial charge >= 0.3 is 0 Å². The smallest absolute Gasteiger partial charge is 0.238 e. The number of hydrogen-bond donors (Lipinski definition) is 1. The number of carbonyl (C=O) groups excluding carboxylic acids is 1. The van der Waals surface area contributed by atoms with Gasteiger partial charge in [-0.05, 0) is 69.3 Å². The van der Waals surface area contributed by atoms with E-state index in [2.05, 4.69) is 25.4 Å². The molecule has 168 valence electrons. The lowest BCUT2D eigenvalue weighted by Gasteiger charge is -2.26. The molecule has 1 N–H and O–H groups in total. The van der Waals surface area contributed by atoms with Gasteiger partial charge in [-0.25, -0.2) is 9.37 Å². The molecule has 10 heteroatoms. The van der Waals surface area contributed by atoms with Crippen LogP contribution in [0.15, 0.2) is 47.8 Å². The largest absolute Gasteiger partial charge is 0.310 e. The van der Waals surface area contributed by atoms with Gasteiger partial charge in [0.25, 0.3) is 0 Å². The average Bonchev–Trinajstić information content (AvgIpc) is 3.18. The molecule has 2 aromatic heterocycles. The summed E-state index contributed by atoms with van der Waals surface area (Å²) in [4.78, 5) is 19.2. The van der Waals surface area contributed by atoms with Crippen LogP contribution in [-0.2, 0) is 11.3 Å². The van der Waals surface area contributed by atoms with Gasteiger partial charge in [0.05, 0.1) is 16.8 Å². The molecule has 0 spiro atoms. The van der Waals surface area contributed by atoms with Crippen LogP contribution in [0, 0.1) is 5.82 Å². The topological polar surface area (TPSA) is 75.9 Å². The maximum Gasteiger partial charge on any atom is 0.238 e. The van der Waals surface area contributed by atoms with Crippen LogP contribution < -0.4 is 5.32 Å². The normalized spacial score (nSPS) is 15.5. The van der Waals surface area contributed by atoms with E-state index in [4.69, 9.17) is 11.6 Å². The molecule has 1 amide bonds. The summed E-state index contributed by atoms with van der Waals surface area (Å²) in [5, 5.41) is 12.2. The second kappa shape index (κ2) is 10.4. The molecule has 1 fully saturated rings. The summed E-state index contributed by atoms with van der Waals surface area (Å²) in [6.45, 7) is 4.49. The van der Waals surface area contributed by atoms with Gasteiger partial charge in [0.15, 0.2) is 11.0 Å². The van der Waals surface area contributed by atoms with E-state index in [1.807, 2.05) is 4.57 Å². The Morgan fingerprint density at radius 2 is 1.91 bits per heavy atom. The molecule has 0 bridgehead atoms. The number of benzene rings is 1. The number of aromatic nitrogens is 4. The van der Waals surface area contributed by atoms with Crippen LogP contribution in [0.2, 0.25) is 5.02 Å². The molecule has 0 radical (unpaired) electrons. The molecule has 3 aromatic rings. The zero-order chi connectivity index (χ0) is 22.5. The average molecular weight is 475 g/mol. The number of piperidine rings is 1. The summed E-state index contributed by atoms with van der Waals surface area (Å²) in [5.41, 5.74) is 0.762. The first-order valence-corrected chi connectivity index (χ1v) is 11.8. The SMILES string of the molecule is CC(Sc1nnc(CN2CCCCC2)n1-c1ccc(F)cc1)C(=O)Nc1ccc(Cl)cn1. The van der Waals surface area contributed by atoms with E-state index in [-0.39, 0.29) is 11.7 Å². The molecule has 1 saturated heterocycles. The summed E-state index contributed by atoms with van der Waals surface area (Å²) in [5.74, 6) is 0.679. The van der Waals surface area contributed by atoms with E-state index >= 15 is 0 Å². The third kappa shape index (κ3) is 5.65. The van der Waals surface area contributed by atoms with Crippen LogP contribution in [0.3, 0.4) is 0 Å². The maximum atomic E-state index is 13.5. The molecule has 1 aromatic carbocycles. The van der Waals surface area contributed by atoms with Crippen LogP contribution in [0.4, 0.5) is 10.2 Å². The van der Waals surface area contributed by atoms with Crippen molar-refractivity contribution in [3.8, 4) is 5.69 Å². The lowest BCUT2D eigenvalue weighted by molar-refractivity contribution is -0.115. The Hall–Kier alpha value is -2.49. The standard InChI is InChI=1S/C22H24ClFN6OS/c1-15(21(31)26-19-10-5-16(23)13-25-19)32-22-28-27-20(14-29-11-3-2-4-12-29)30(22)18-8-6-17(24)7-9-18/h5-10,13,15H,2-4,11-12,14H2,1H3,(H,25,26,31). The van der Waals surface area contributed by atoms with Crippen molar-refractivity contribution in [2.24, 2.45) is 0 Å². The Kier molecular flexibility index (Phi) is 7.39. The van der Waals surface area contributed by atoms with Crippen LogP contribution in [0.1, 0.15) is 32.0 Å². The van der Waals surface area contributed by atoms with Crippen molar-refractivity contribution in [3.05, 3.63) is 59.3 Å². The maximum absolute atomic E-state index is 13.5. The highest BCUT2D eigenvalue weighted by atomic mass is 35.5. The number of nitrogens with one attached hydrogen (secondary N) is 1. The highest BCUT2D eigenvalue weighted by molar-refractivity contribution is 8.00. The number of nitrogens with zero attached hydrogens (tertiary/aromatic N) is 5. The van der Waals surface area contributed by atoms with E-state index in [0.29, 0.717) is 22.5 Å². The number of carbonyl (C=O) groups is 1. The van der Waals surface area contributed by atoms with Gasteiger partial charge in [0.1, 0.15) is 11.6 Å². The van der Waals surface area contributed by atoms with Crippen molar-refractivity contribution < 1.29 is 9.18 Å². The molecule has 1 aliphatic heterocycles. The number of anilines is 1. The number of pyridine rings is 1. The monoisotopic (exact) mass is 474 g/mol. The molecular formula is C22H24ClFN6OS. The minimum atomic E-state index is -0.460. The number of amides is 1. The summed E-state index contributed by atoms with van der Waals surface area (Å²) in [6, 6.07) is 9.54. The van der Waals surface area contributed by atoms with E-state index in [9.17, 15) is 9.18 Å². The van der Waals surface area contributed by atoms with Crippen molar-refractivity contribution >= 4 is 35.1 Å². The molecule has 1 unspecified atom stereocenters. The Morgan fingerprint density at radius 3 is 2.59 bits per heavy atom. The van der Waals surface area contributed by atoms with E-state index in [1.165, 1.54) is 49.4 Å². The van der Waals surface area contributed by atoms with Gasteiger partial charge < -0.3 is 5.32 Å². The second-order valence-corrected chi connectivity index (χ2v) is 9.40. The first kappa shape index (κ1) is 22.7. The predicted octanol–water partition coefficient (Wildman–Crippen LogP) is 4.56. The zero-order valence-corrected chi connectivity index (χ0v) is 19.2. The Labute approximate surface area is 195 Å². The van der Waals surface area contributed by atoms with E-state index in [0.717, 1.165) is 24.6 Å².